The lowest BCUT2D eigenvalue weighted by Crippen LogP contribution is -2.51. The SMILES string of the molecule is O=C(C1CCN(CC2CC=CCC2)CC1)N1CCN(c2ccccc2)CC1.O=C(O)C(=O)O. The monoisotopic (exact) mass is 457 g/mol. The zero-order chi connectivity index (χ0) is 23.6. The first-order valence-corrected chi connectivity index (χ1v) is 11.9. The van der Waals surface area contributed by atoms with Crippen LogP contribution in [0.5, 0.6) is 0 Å². The number of carboxylic acids is 2. The van der Waals surface area contributed by atoms with E-state index in [4.69, 9.17) is 19.8 Å². The maximum atomic E-state index is 13.0. The van der Waals surface area contributed by atoms with Gasteiger partial charge < -0.3 is 24.9 Å². The van der Waals surface area contributed by atoms with Crippen LogP contribution in [0.3, 0.4) is 0 Å². The number of aliphatic carboxylic acids is 2. The van der Waals surface area contributed by atoms with E-state index in [0.717, 1.165) is 58.0 Å². The molecule has 4 rings (SSSR count). The van der Waals surface area contributed by atoms with Gasteiger partial charge >= 0.3 is 11.9 Å². The van der Waals surface area contributed by atoms with Crippen molar-refractivity contribution in [2.45, 2.75) is 32.1 Å². The quantitative estimate of drug-likeness (QED) is 0.529. The Bertz CT molecular complexity index is 801. The van der Waals surface area contributed by atoms with E-state index in [1.165, 1.54) is 31.5 Å². The van der Waals surface area contributed by atoms with Gasteiger partial charge in [-0.15, -0.1) is 0 Å². The highest BCUT2D eigenvalue weighted by atomic mass is 16.4. The lowest BCUT2D eigenvalue weighted by atomic mass is 9.91. The largest absolute Gasteiger partial charge is 0.473 e. The van der Waals surface area contributed by atoms with Gasteiger partial charge in [0.15, 0.2) is 0 Å². The van der Waals surface area contributed by atoms with Gasteiger partial charge in [0.25, 0.3) is 0 Å². The Hall–Kier alpha value is -2.87. The van der Waals surface area contributed by atoms with Gasteiger partial charge in [-0.3, -0.25) is 4.79 Å². The maximum absolute atomic E-state index is 13.0. The number of allylic oxidation sites excluding steroid dienone is 2. The third kappa shape index (κ3) is 7.60. The molecule has 1 aromatic rings. The number of benzene rings is 1. The maximum Gasteiger partial charge on any atom is 0.414 e. The van der Waals surface area contributed by atoms with Crippen molar-refractivity contribution in [3.05, 3.63) is 42.5 Å². The van der Waals surface area contributed by atoms with Crippen LogP contribution >= 0.6 is 0 Å². The number of anilines is 1. The lowest BCUT2D eigenvalue weighted by Gasteiger charge is -2.40. The summed E-state index contributed by atoms with van der Waals surface area (Å²) in [7, 11) is 0. The second-order valence-corrected chi connectivity index (χ2v) is 8.98. The second-order valence-electron chi connectivity index (χ2n) is 8.98. The number of hydrogen-bond donors (Lipinski definition) is 2. The molecule has 8 heteroatoms. The van der Waals surface area contributed by atoms with E-state index in [2.05, 4.69) is 57.2 Å². The highest BCUT2D eigenvalue weighted by Gasteiger charge is 2.31. The number of piperazine rings is 1. The van der Waals surface area contributed by atoms with Crippen molar-refractivity contribution >= 4 is 23.5 Å². The normalized spacial score (nSPS) is 21.8. The van der Waals surface area contributed by atoms with Gasteiger partial charge in [0, 0.05) is 44.3 Å². The molecule has 2 aliphatic heterocycles. The number of carboxylic acid groups (broad SMARTS) is 2. The Morgan fingerprint density at radius 2 is 1.45 bits per heavy atom. The Balaban J connectivity index is 0.000000454. The molecule has 1 amide bonds. The third-order valence-corrected chi connectivity index (χ3v) is 6.73. The molecular formula is C25H35N3O5. The molecule has 1 unspecified atom stereocenters. The molecule has 2 fully saturated rings. The molecule has 2 N–H and O–H groups in total. The van der Waals surface area contributed by atoms with Crippen LogP contribution in [0.1, 0.15) is 32.1 Å². The number of carbonyl (C=O) groups is 3. The van der Waals surface area contributed by atoms with Gasteiger partial charge in [-0.25, -0.2) is 9.59 Å². The molecule has 1 aliphatic carbocycles. The summed E-state index contributed by atoms with van der Waals surface area (Å²) in [5.41, 5.74) is 1.27. The van der Waals surface area contributed by atoms with Crippen LogP contribution in [0.4, 0.5) is 5.69 Å². The summed E-state index contributed by atoms with van der Waals surface area (Å²) < 4.78 is 0. The molecular weight excluding hydrogens is 422 g/mol. The van der Waals surface area contributed by atoms with Crippen LogP contribution in [-0.2, 0) is 14.4 Å². The predicted molar refractivity (Wildman–Crippen MR) is 126 cm³/mol. The summed E-state index contributed by atoms with van der Waals surface area (Å²) in [6.07, 6.45) is 10.6. The van der Waals surface area contributed by atoms with Crippen LogP contribution in [0.15, 0.2) is 42.5 Å². The molecule has 0 aromatic heterocycles. The number of hydrogen-bond acceptors (Lipinski definition) is 5. The first kappa shape index (κ1) is 24.8. The van der Waals surface area contributed by atoms with Crippen LogP contribution in [0.25, 0.3) is 0 Å². The van der Waals surface area contributed by atoms with Crippen LogP contribution in [-0.4, -0.2) is 83.7 Å². The van der Waals surface area contributed by atoms with Crippen molar-refractivity contribution in [2.75, 3.05) is 50.7 Å². The molecule has 180 valence electrons. The van der Waals surface area contributed by atoms with Crippen LogP contribution in [0.2, 0.25) is 0 Å². The van der Waals surface area contributed by atoms with E-state index < -0.39 is 11.9 Å². The molecule has 1 atom stereocenters. The van der Waals surface area contributed by atoms with E-state index in [1.54, 1.807) is 0 Å². The van der Waals surface area contributed by atoms with Crippen molar-refractivity contribution in [1.82, 2.24) is 9.80 Å². The molecule has 8 nitrogen and oxygen atoms in total. The Morgan fingerprint density at radius 3 is 2.00 bits per heavy atom. The third-order valence-electron chi connectivity index (χ3n) is 6.73. The number of piperidine rings is 1. The predicted octanol–water partition coefficient (Wildman–Crippen LogP) is 2.56. The zero-order valence-electron chi connectivity index (χ0n) is 19.1. The summed E-state index contributed by atoms with van der Waals surface area (Å²) >= 11 is 0. The smallest absolute Gasteiger partial charge is 0.414 e. The molecule has 0 bridgehead atoms. The number of nitrogens with zero attached hydrogens (tertiary/aromatic N) is 3. The first-order valence-electron chi connectivity index (χ1n) is 11.9. The number of carbonyl (C=O) groups excluding carboxylic acids is 1. The summed E-state index contributed by atoms with van der Waals surface area (Å²) in [6, 6.07) is 10.6. The fourth-order valence-corrected chi connectivity index (χ4v) is 4.83. The molecule has 1 aromatic carbocycles. The van der Waals surface area contributed by atoms with E-state index in [1.807, 2.05) is 0 Å². The van der Waals surface area contributed by atoms with Crippen molar-refractivity contribution in [2.24, 2.45) is 11.8 Å². The number of amides is 1. The standard InChI is InChI=1S/C23H33N3O.C2H2O4/c27-23(26-17-15-25(16-18-26)22-9-5-2-6-10-22)21-11-13-24(14-12-21)19-20-7-3-1-4-8-20;3-1(4)2(5)6/h1-3,5-6,9-10,20-21H,4,7-8,11-19H2;(H,3,4)(H,5,6). The van der Waals surface area contributed by atoms with Gasteiger partial charge in [-0.2, -0.15) is 0 Å². The Kier molecular flexibility index (Phi) is 9.30. The highest BCUT2D eigenvalue weighted by Crippen LogP contribution is 2.25. The lowest BCUT2D eigenvalue weighted by molar-refractivity contribution is -0.159. The summed E-state index contributed by atoms with van der Waals surface area (Å²) in [4.78, 5) is 38.3. The van der Waals surface area contributed by atoms with Crippen molar-refractivity contribution in [3.8, 4) is 0 Å². The molecule has 3 aliphatic rings. The van der Waals surface area contributed by atoms with Crippen LogP contribution < -0.4 is 4.90 Å². The summed E-state index contributed by atoms with van der Waals surface area (Å²) in [6.45, 7) is 7.04. The Morgan fingerprint density at radius 1 is 0.818 bits per heavy atom. The fraction of sp³-hybridized carbons (Fsp3) is 0.560. The molecule has 33 heavy (non-hydrogen) atoms. The van der Waals surface area contributed by atoms with E-state index in [-0.39, 0.29) is 5.92 Å². The van der Waals surface area contributed by atoms with Crippen LogP contribution in [0, 0.1) is 11.8 Å². The minimum Gasteiger partial charge on any atom is -0.473 e. The van der Waals surface area contributed by atoms with Crippen molar-refractivity contribution < 1.29 is 24.6 Å². The molecule has 0 radical (unpaired) electrons. The van der Waals surface area contributed by atoms with Gasteiger partial charge in [-0.05, 0) is 63.2 Å². The van der Waals surface area contributed by atoms with Gasteiger partial charge in [0.2, 0.25) is 5.91 Å². The van der Waals surface area contributed by atoms with E-state index in [9.17, 15) is 4.79 Å². The second kappa shape index (κ2) is 12.4. The fourth-order valence-electron chi connectivity index (χ4n) is 4.83. The minimum atomic E-state index is -1.82. The molecule has 2 saturated heterocycles. The topological polar surface area (TPSA) is 101 Å². The summed E-state index contributed by atoms with van der Waals surface area (Å²) in [5.74, 6) is -2.17. The Labute approximate surface area is 195 Å². The van der Waals surface area contributed by atoms with E-state index in [0.29, 0.717) is 5.91 Å². The highest BCUT2D eigenvalue weighted by molar-refractivity contribution is 6.27. The number of rotatable bonds is 4. The molecule has 0 saturated carbocycles. The average Bonchev–Trinajstić information content (AvgIpc) is 2.86. The van der Waals surface area contributed by atoms with Gasteiger partial charge in [0.05, 0.1) is 0 Å². The summed E-state index contributed by atoms with van der Waals surface area (Å²) in [5, 5.41) is 14.8. The average molecular weight is 458 g/mol. The van der Waals surface area contributed by atoms with Crippen molar-refractivity contribution in [1.29, 1.82) is 0 Å². The molecule has 0 spiro atoms. The number of likely N-dealkylation sites (tertiary alicyclic amines) is 1. The van der Waals surface area contributed by atoms with E-state index >= 15 is 0 Å². The van der Waals surface area contributed by atoms with Gasteiger partial charge in [-0.1, -0.05) is 30.4 Å². The minimum absolute atomic E-state index is 0.246. The molecule has 2 heterocycles. The number of para-hydroxylation sites is 1. The van der Waals surface area contributed by atoms with Crippen molar-refractivity contribution in [3.63, 3.8) is 0 Å². The zero-order valence-corrected chi connectivity index (χ0v) is 19.1. The first-order chi connectivity index (χ1) is 15.9. The van der Waals surface area contributed by atoms with Gasteiger partial charge in [0.1, 0.15) is 0 Å².